The summed E-state index contributed by atoms with van der Waals surface area (Å²) < 4.78 is 10.8. The lowest BCUT2D eigenvalue weighted by Crippen LogP contribution is -2.25. The number of para-hydroxylation sites is 1. The Kier molecular flexibility index (Phi) is 4.83. The molecule has 2 rings (SSSR count). The summed E-state index contributed by atoms with van der Waals surface area (Å²) in [6.45, 7) is 2.04. The van der Waals surface area contributed by atoms with Crippen molar-refractivity contribution in [1.29, 1.82) is 0 Å². The van der Waals surface area contributed by atoms with Gasteiger partial charge in [-0.2, -0.15) is 0 Å². The molecular weight excluding hydrogens is 216 g/mol. The zero-order valence-electron chi connectivity index (χ0n) is 10.0. The molecule has 1 aliphatic rings. The van der Waals surface area contributed by atoms with E-state index in [1.165, 1.54) is 0 Å². The van der Waals surface area contributed by atoms with Crippen molar-refractivity contribution in [2.24, 2.45) is 5.92 Å². The summed E-state index contributed by atoms with van der Waals surface area (Å²) in [5, 5.41) is 9.90. The summed E-state index contributed by atoms with van der Waals surface area (Å²) in [6, 6.07) is 9.62. The van der Waals surface area contributed by atoms with Crippen LogP contribution in [0.3, 0.4) is 0 Å². The van der Waals surface area contributed by atoms with E-state index in [1.54, 1.807) is 0 Å². The molecule has 1 atom stereocenters. The van der Waals surface area contributed by atoms with Crippen LogP contribution in [0.25, 0.3) is 0 Å². The molecule has 17 heavy (non-hydrogen) atoms. The molecule has 1 aromatic carbocycles. The molecule has 0 saturated carbocycles. The fourth-order valence-corrected chi connectivity index (χ4v) is 2.14. The third-order valence-electron chi connectivity index (χ3n) is 3.13. The van der Waals surface area contributed by atoms with Crippen molar-refractivity contribution in [3.8, 4) is 5.75 Å². The Morgan fingerprint density at radius 1 is 1.24 bits per heavy atom. The molecule has 94 valence electrons. The summed E-state index contributed by atoms with van der Waals surface area (Å²) >= 11 is 0. The smallest absolute Gasteiger partial charge is 0.119 e. The van der Waals surface area contributed by atoms with Gasteiger partial charge < -0.3 is 14.6 Å². The van der Waals surface area contributed by atoms with E-state index in [-0.39, 0.29) is 6.10 Å². The van der Waals surface area contributed by atoms with Crippen molar-refractivity contribution in [2.45, 2.75) is 25.4 Å². The highest BCUT2D eigenvalue weighted by Crippen LogP contribution is 2.20. The van der Waals surface area contributed by atoms with Gasteiger partial charge in [-0.05, 0) is 37.3 Å². The quantitative estimate of drug-likeness (QED) is 0.852. The van der Waals surface area contributed by atoms with Crippen LogP contribution in [0.15, 0.2) is 30.3 Å². The molecule has 1 heterocycles. The highest BCUT2D eigenvalue weighted by atomic mass is 16.5. The second-order valence-electron chi connectivity index (χ2n) is 4.57. The molecule has 1 saturated heterocycles. The van der Waals surface area contributed by atoms with Gasteiger partial charge in [-0.15, -0.1) is 0 Å². The van der Waals surface area contributed by atoms with Gasteiger partial charge in [0.2, 0.25) is 0 Å². The maximum atomic E-state index is 9.90. The molecule has 0 bridgehead atoms. The van der Waals surface area contributed by atoms with Gasteiger partial charge in [0.25, 0.3) is 0 Å². The van der Waals surface area contributed by atoms with Crippen LogP contribution in [0, 0.1) is 5.92 Å². The Morgan fingerprint density at radius 2 is 1.94 bits per heavy atom. The molecule has 0 aromatic heterocycles. The third-order valence-corrected chi connectivity index (χ3v) is 3.13. The predicted octanol–water partition coefficient (Wildman–Crippen LogP) is 2.24. The van der Waals surface area contributed by atoms with Gasteiger partial charge in [0.15, 0.2) is 0 Å². The zero-order valence-corrected chi connectivity index (χ0v) is 10.0. The molecule has 3 heteroatoms. The maximum Gasteiger partial charge on any atom is 0.119 e. The summed E-state index contributed by atoms with van der Waals surface area (Å²) in [7, 11) is 0. The van der Waals surface area contributed by atoms with Gasteiger partial charge in [0.1, 0.15) is 12.4 Å². The molecule has 1 aliphatic heterocycles. The van der Waals surface area contributed by atoms with Crippen LogP contribution in [-0.4, -0.2) is 31.0 Å². The lowest BCUT2D eigenvalue weighted by molar-refractivity contribution is 0.0312. The Hall–Kier alpha value is -1.06. The van der Waals surface area contributed by atoms with E-state index in [0.717, 1.165) is 38.2 Å². The fraction of sp³-hybridized carbons (Fsp3) is 0.571. The molecule has 3 nitrogen and oxygen atoms in total. The van der Waals surface area contributed by atoms with Crippen LogP contribution in [0.2, 0.25) is 0 Å². The summed E-state index contributed by atoms with van der Waals surface area (Å²) in [5.41, 5.74) is 0. The Bertz CT molecular complexity index is 307. The van der Waals surface area contributed by atoms with Crippen molar-refractivity contribution in [2.75, 3.05) is 19.8 Å². The molecule has 0 radical (unpaired) electrons. The van der Waals surface area contributed by atoms with Crippen molar-refractivity contribution < 1.29 is 14.6 Å². The molecule has 1 unspecified atom stereocenters. The molecule has 1 aromatic rings. The first-order chi connectivity index (χ1) is 8.34. The number of rotatable bonds is 5. The minimum atomic E-state index is -0.377. The molecule has 0 spiro atoms. The number of benzene rings is 1. The average molecular weight is 236 g/mol. The van der Waals surface area contributed by atoms with Crippen molar-refractivity contribution >= 4 is 0 Å². The van der Waals surface area contributed by atoms with Crippen LogP contribution in [0.4, 0.5) is 0 Å². The lowest BCUT2D eigenvalue weighted by Gasteiger charge is -2.24. The highest BCUT2D eigenvalue weighted by molar-refractivity contribution is 5.20. The maximum absolute atomic E-state index is 9.90. The topological polar surface area (TPSA) is 38.7 Å². The van der Waals surface area contributed by atoms with Crippen LogP contribution >= 0.6 is 0 Å². The molecule has 0 aliphatic carbocycles. The first-order valence-electron chi connectivity index (χ1n) is 6.28. The van der Waals surface area contributed by atoms with Gasteiger partial charge in [0, 0.05) is 13.2 Å². The van der Waals surface area contributed by atoms with E-state index >= 15 is 0 Å². The minimum absolute atomic E-state index is 0.376. The third kappa shape index (κ3) is 4.36. The minimum Gasteiger partial charge on any atom is -0.491 e. The van der Waals surface area contributed by atoms with Crippen LogP contribution in [-0.2, 0) is 4.74 Å². The first kappa shape index (κ1) is 12.4. The fourth-order valence-electron chi connectivity index (χ4n) is 2.14. The van der Waals surface area contributed by atoms with Gasteiger partial charge in [-0.3, -0.25) is 0 Å². The van der Waals surface area contributed by atoms with E-state index in [4.69, 9.17) is 9.47 Å². The van der Waals surface area contributed by atoms with Gasteiger partial charge in [-0.1, -0.05) is 18.2 Å². The standard InChI is InChI=1S/C14H20O3/c15-13(10-12-6-8-16-9-7-12)11-17-14-4-2-1-3-5-14/h1-5,12-13,15H,6-11H2. The number of aliphatic hydroxyl groups excluding tert-OH is 1. The first-order valence-corrected chi connectivity index (χ1v) is 6.28. The predicted molar refractivity (Wildman–Crippen MR) is 66.1 cm³/mol. The van der Waals surface area contributed by atoms with Crippen LogP contribution < -0.4 is 4.74 Å². The molecule has 1 fully saturated rings. The van der Waals surface area contributed by atoms with Crippen LogP contribution in [0.5, 0.6) is 5.75 Å². The van der Waals surface area contributed by atoms with Gasteiger partial charge in [-0.25, -0.2) is 0 Å². The monoisotopic (exact) mass is 236 g/mol. The number of hydrogen-bond donors (Lipinski definition) is 1. The van der Waals surface area contributed by atoms with E-state index in [0.29, 0.717) is 12.5 Å². The van der Waals surface area contributed by atoms with E-state index in [1.807, 2.05) is 30.3 Å². The molecular formula is C14H20O3. The van der Waals surface area contributed by atoms with E-state index in [9.17, 15) is 5.11 Å². The average Bonchev–Trinajstić information content (AvgIpc) is 2.39. The summed E-state index contributed by atoms with van der Waals surface area (Å²) in [6.07, 6.45) is 2.55. The largest absolute Gasteiger partial charge is 0.491 e. The highest BCUT2D eigenvalue weighted by Gasteiger charge is 2.18. The Morgan fingerprint density at radius 3 is 2.65 bits per heavy atom. The SMILES string of the molecule is OC(COc1ccccc1)CC1CCOCC1. The Labute approximate surface area is 102 Å². The van der Waals surface area contributed by atoms with E-state index < -0.39 is 0 Å². The van der Waals surface area contributed by atoms with Gasteiger partial charge >= 0.3 is 0 Å². The van der Waals surface area contributed by atoms with Crippen molar-refractivity contribution in [3.63, 3.8) is 0 Å². The Balaban J connectivity index is 1.68. The summed E-state index contributed by atoms with van der Waals surface area (Å²) in [5.74, 6) is 1.40. The van der Waals surface area contributed by atoms with E-state index in [2.05, 4.69) is 0 Å². The second kappa shape index (κ2) is 6.62. The summed E-state index contributed by atoms with van der Waals surface area (Å²) in [4.78, 5) is 0. The van der Waals surface area contributed by atoms with Crippen molar-refractivity contribution in [1.82, 2.24) is 0 Å². The molecule has 1 N–H and O–H groups in total. The van der Waals surface area contributed by atoms with Crippen LogP contribution in [0.1, 0.15) is 19.3 Å². The zero-order chi connectivity index (χ0) is 11.9. The number of aliphatic hydroxyl groups is 1. The normalized spacial score (nSPS) is 18.9. The number of hydrogen-bond acceptors (Lipinski definition) is 3. The van der Waals surface area contributed by atoms with Gasteiger partial charge in [0.05, 0.1) is 6.10 Å². The number of ether oxygens (including phenoxy) is 2. The van der Waals surface area contributed by atoms with Crippen molar-refractivity contribution in [3.05, 3.63) is 30.3 Å². The second-order valence-corrected chi connectivity index (χ2v) is 4.57. The molecule has 0 amide bonds. The lowest BCUT2D eigenvalue weighted by atomic mass is 9.94.